The summed E-state index contributed by atoms with van der Waals surface area (Å²) in [5, 5.41) is 16.3. The van der Waals surface area contributed by atoms with Crippen LogP contribution < -0.4 is 10.1 Å². The minimum atomic E-state index is -1.10. The van der Waals surface area contributed by atoms with E-state index in [-0.39, 0.29) is 11.9 Å². The molecule has 1 aliphatic heterocycles. The van der Waals surface area contributed by atoms with Crippen LogP contribution in [0.1, 0.15) is 40.2 Å². The first-order chi connectivity index (χ1) is 15.4. The van der Waals surface area contributed by atoms with E-state index in [2.05, 4.69) is 10.2 Å². The minimum absolute atomic E-state index is 0.214. The summed E-state index contributed by atoms with van der Waals surface area (Å²) in [7, 11) is 1.65. The number of hydrogen-bond donors (Lipinski definition) is 2. The molecule has 1 fully saturated rings. The molecule has 5 nitrogen and oxygen atoms in total. The van der Waals surface area contributed by atoms with Crippen LogP contribution in [0.25, 0.3) is 0 Å². The summed E-state index contributed by atoms with van der Waals surface area (Å²) in [4.78, 5) is 16.4. The predicted molar refractivity (Wildman–Crippen MR) is 123 cm³/mol. The number of halogens is 1. The van der Waals surface area contributed by atoms with E-state index >= 15 is 0 Å². The van der Waals surface area contributed by atoms with E-state index < -0.39 is 17.5 Å². The summed E-state index contributed by atoms with van der Waals surface area (Å²) in [6.07, 6.45) is 0.507. The Morgan fingerprint density at radius 2 is 2.03 bits per heavy atom. The van der Waals surface area contributed by atoms with Crippen LogP contribution in [0.4, 0.5) is 4.39 Å². The average molecular weight is 455 g/mol. The molecule has 1 saturated heterocycles. The van der Waals surface area contributed by atoms with Crippen LogP contribution in [0.2, 0.25) is 0 Å². The van der Waals surface area contributed by atoms with Gasteiger partial charge in [-0.1, -0.05) is 18.2 Å². The van der Waals surface area contributed by atoms with Crippen molar-refractivity contribution in [3.63, 3.8) is 0 Å². The topological polar surface area (TPSA) is 61.8 Å². The smallest absolute Gasteiger partial charge is 0.251 e. The van der Waals surface area contributed by atoms with E-state index in [0.717, 1.165) is 16.2 Å². The van der Waals surface area contributed by atoms with Crippen LogP contribution in [-0.4, -0.2) is 41.2 Å². The number of thiophene rings is 1. The number of likely N-dealkylation sites (tertiary alicyclic amines) is 1. The first kappa shape index (κ1) is 22.5. The lowest BCUT2D eigenvalue weighted by atomic mass is 9.81. The number of aliphatic hydroxyl groups is 1. The number of methoxy groups -OCH3 is 1. The molecule has 0 aliphatic carbocycles. The second-order valence-electron chi connectivity index (χ2n) is 8.35. The third kappa shape index (κ3) is 4.85. The Morgan fingerprint density at radius 1 is 1.25 bits per heavy atom. The molecule has 3 atom stereocenters. The SMILES string of the molecule is COc1cccc(CN2CC[C@@](C)(O)[C@@H](NC(=O)c3ccc(F)cc3)[C@@H]2c2cccs2)c1. The molecule has 2 aromatic carbocycles. The van der Waals surface area contributed by atoms with E-state index in [1.165, 1.54) is 24.3 Å². The van der Waals surface area contributed by atoms with Gasteiger partial charge in [0.2, 0.25) is 0 Å². The van der Waals surface area contributed by atoms with Crippen molar-refractivity contribution in [2.24, 2.45) is 0 Å². The quantitative estimate of drug-likeness (QED) is 0.580. The summed E-state index contributed by atoms with van der Waals surface area (Å²) in [5.41, 5.74) is 0.350. The number of carbonyl (C=O) groups is 1. The van der Waals surface area contributed by atoms with Crippen molar-refractivity contribution in [3.8, 4) is 5.75 Å². The molecule has 0 saturated carbocycles. The zero-order chi connectivity index (χ0) is 22.7. The fraction of sp³-hybridized carbons (Fsp3) is 0.320. The number of amides is 1. The summed E-state index contributed by atoms with van der Waals surface area (Å²) >= 11 is 1.60. The molecule has 7 heteroatoms. The van der Waals surface area contributed by atoms with Gasteiger partial charge in [0.15, 0.2) is 0 Å². The van der Waals surface area contributed by atoms with Crippen molar-refractivity contribution < 1.29 is 19.0 Å². The molecule has 0 unspecified atom stereocenters. The Balaban J connectivity index is 1.65. The van der Waals surface area contributed by atoms with Gasteiger partial charge in [-0.05, 0) is 66.8 Å². The van der Waals surface area contributed by atoms with Gasteiger partial charge in [-0.3, -0.25) is 9.69 Å². The van der Waals surface area contributed by atoms with E-state index in [0.29, 0.717) is 25.1 Å². The van der Waals surface area contributed by atoms with Gasteiger partial charge >= 0.3 is 0 Å². The highest BCUT2D eigenvalue weighted by molar-refractivity contribution is 7.10. The maximum Gasteiger partial charge on any atom is 0.251 e. The second kappa shape index (κ2) is 9.40. The molecular formula is C25H27FN2O3S. The van der Waals surface area contributed by atoms with Gasteiger partial charge in [0.25, 0.3) is 5.91 Å². The van der Waals surface area contributed by atoms with Gasteiger partial charge in [0, 0.05) is 23.5 Å². The number of carbonyl (C=O) groups excluding carboxylic acids is 1. The highest BCUT2D eigenvalue weighted by atomic mass is 32.1. The lowest BCUT2D eigenvalue weighted by molar-refractivity contribution is -0.0656. The molecule has 1 aliphatic rings. The molecule has 4 rings (SSSR count). The van der Waals surface area contributed by atoms with Crippen molar-refractivity contribution in [3.05, 3.63) is 87.9 Å². The van der Waals surface area contributed by atoms with Crippen LogP contribution in [0.15, 0.2) is 66.0 Å². The second-order valence-corrected chi connectivity index (χ2v) is 9.33. The van der Waals surface area contributed by atoms with Crippen molar-refractivity contribution in [2.75, 3.05) is 13.7 Å². The molecule has 2 heterocycles. The minimum Gasteiger partial charge on any atom is -0.497 e. The molecule has 2 N–H and O–H groups in total. The van der Waals surface area contributed by atoms with Crippen molar-refractivity contribution >= 4 is 17.2 Å². The summed E-state index contributed by atoms with van der Waals surface area (Å²) < 4.78 is 18.7. The number of rotatable bonds is 6. The lowest BCUT2D eigenvalue weighted by Crippen LogP contribution is -2.62. The molecule has 1 amide bonds. The van der Waals surface area contributed by atoms with E-state index in [1.807, 2.05) is 41.8 Å². The lowest BCUT2D eigenvalue weighted by Gasteiger charge is -2.48. The van der Waals surface area contributed by atoms with Crippen molar-refractivity contribution in [1.29, 1.82) is 0 Å². The Labute approximate surface area is 191 Å². The molecule has 3 aromatic rings. The van der Waals surface area contributed by atoms with Crippen LogP contribution >= 0.6 is 11.3 Å². The largest absolute Gasteiger partial charge is 0.497 e. The van der Waals surface area contributed by atoms with Crippen LogP contribution in [0.5, 0.6) is 5.75 Å². The number of benzene rings is 2. The van der Waals surface area contributed by atoms with Gasteiger partial charge in [0.05, 0.1) is 24.8 Å². The first-order valence-corrected chi connectivity index (χ1v) is 11.4. The summed E-state index contributed by atoms with van der Waals surface area (Å²) in [6.45, 7) is 3.10. The maximum atomic E-state index is 13.3. The van der Waals surface area contributed by atoms with Crippen LogP contribution in [-0.2, 0) is 6.54 Å². The molecule has 32 heavy (non-hydrogen) atoms. The molecule has 0 bridgehead atoms. The Morgan fingerprint density at radius 3 is 2.72 bits per heavy atom. The fourth-order valence-corrected chi connectivity index (χ4v) is 5.16. The maximum absolute atomic E-state index is 13.3. The Kier molecular flexibility index (Phi) is 6.60. The first-order valence-electron chi connectivity index (χ1n) is 10.6. The number of nitrogens with zero attached hydrogens (tertiary/aromatic N) is 1. The van der Waals surface area contributed by atoms with E-state index in [1.54, 1.807) is 25.4 Å². The fourth-order valence-electron chi connectivity index (χ4n) is 4.26. The van der Waals surface area contributed by atoms with Gasteiger partial charge in [-0.2, -0.15) is 0 Å². The number of nitrogens with one attached hydrogen (secondary N) is 1. The molecule has 0 spiro atoms. The van der Waals surface area contributed by atoms with Gasteiger partial charge in [-0.25, -0.2) is 4.39 Å². The third-order valence-corrected chi connectivity index (χ3v) is 6.97. The Hall–Kier alpha value is -2.74. The number of piperidine rings is 1. The molecule has 0 radical (unpaired) electrons. The highest BCUT2D eigenvalue weighted by Crippen LogP contribution is 2.40. The van der Waals surface area contributed by atoms with E-state index in [4.69, 9.17) is 4.74 Å². The number of ether oxygens (including phenoxy) is 1. The van der Waals surface area contributed by atoms with Crippen LogP contribution in [0.3, 0.4) is 0 Å². The molecule has 168 valence electrons. The van der Waals surface area contributed by atoms with Gasteiger partial charge < -0.3 is 15.2 Å². The standard InChI is InChI=1S/C25H27FN2O3S/c1-25(30)12-13-28(16-17-5-3-6-20(15-17)31-2)22(21-7-4-14-32-21)23(25)27-24(29)18-8-10-19(26)11-9-18/h3-11,14-15,22-23,30H,12-13,16H2,1-2H3,(H,27,29)/t22-,23-,25+/m0/s1. The average Bonchev–Trinajstić information content (AvgIpc) is 3.31. The zero-order valence-corrected chi connectivity index (χ0v) is 18.9. The summed E-state index contributed by atoms with van der Waals surface area (Å²) in [6, 6.07) is 16.6. The van der Waals surface area contributed by atoms with E-state index in [9.17, 15) is 14.3 Å². The van der Waals surface area contributed by atoms with Crippen LogP contribution in [0, 0.1) is 5.82 Å². The Bertz CT molecular complexity index is 1050. The molecule has 1 aromatic heterocycles. The normalized spacial score (nSPS) is 23.6. The third-order valence-electron chi connectivity index (χ3n) is 6.03. The predicted octanol–water partition coefficient (Wildman–Crippen LogP) is 4.39. The molecular weight excluding hydrogens is 427 g/mol. The number of hydrogen-bond acceptors (Lipinski definition) is 5. The van der Waals surface area contributed by atoms with Gasteiger partial charge in [0.1, 0.15) is 11.6 Å². The van der Waals surface area contributed by atoms with Crippen molar-refractivity contribution in [1.82, 2.24) is 10.2 Å². The monoisotopic (exact) mass is 454 g/mol. The van der Waals surface area contributed by atoms with Crippen molar-refractivity contribution in [2.45, 2.75) is 37.6 Å². The zero-order valence-electron chi connectivity index (χ0n) is 18.1. The van der Waals surface area contributed by atoms with Gasteiger partial charge in [-0.15, -0.1) is 11.3 Å². The summed E-state index contributed by atoms with van der Waals surface area (Å²) in [5.74, 6) is 0.0625. The highest BCUT2D eigenvalue weighted by Gasteiger charge is 2.46.